The number of aryl methyl sites for hydroxylation is 1. The number of ether oxygens (including phenoxy) is 1. The maximum absolute atomic E-state index is 13.6. The molecule has 0 unspecified atom stereocenters. The summed E-state index contributed by atoms with van der Waals surface area (Å²) in [6.45, 7) is -2.72. The summed E-state index contributed by atoms with van der Waals surface area (Å²) in [7, 11) is 2.89. The number of hydrogen-bond donors (Lipinski definition) is 0. The van der Waals surface area contributed by atoms with E-state index in [1.165, 1.54) is 43.6 Å². The van der Waals surface area contributed by atoms with Gasteiger partial charge in [0.2, 0.25) is 5.91 Å². The highest BCUT2D eigenvalue weighted by molar-refractivity contribution is 5.76. The summed E-state index contributed by atoms with van der Waals surface area (Å²) in [6.07, 6.45) is 2.91. The van der Waals surface area contributed by atoms with Gasteiger partial charge in [0.25, 0.3) is 0 Å². The maximum Gasteiger partial charge on any atom is 0.319 e. The molecule has 0 aliphatic heterocycles. The van der Waals surface area contributed by atoms with Crippen LogP contribution in [0.3, 0.4) is 0 Å². The van der Waals surface area contributed by atoms with Gasteiger partial charge in [-0.05, 0) is 24.1 Å². The van der Waals surface area contributed by atoms with Gasteiger partial charge in [0.1, 0.15) is 5.82 Å². The molecule has 2 aromatic rings. The number of methoxy groups -OCH3 is 1. The fourth-order valence-corrected chi connectivity index (χ4v) is 2.25. The van der Waals surface area contributed by atoms with Crippen molar-refractivity contribution < 1.29 is 22.7 Å². The number of benzene rings is 1. The molecule has 0 N–H and O–H groups in total. The van der Waals surface area contributed by atoms with E-state index in [1.54, 1.807) is 6.07 Å². The van der Waals surface area contributed by atoms with Crippen molar-refractivity contribution in [3.05, 3.63) is 47.8 Å². The second-order valence-corrected chi connectivity index (χ2v) is 5.25. The van der Waals surface area contributed by atoms with E-state index in [2.05, 4.69) is 4.98 Å². The van der Waals surface area contributed by atoms with Crippen molar-refractivity contribution in [1.29, 1.82) is 0 Å². The molecule has 2 rings (SSSR count). The summed E-state index contributed by atoms with van der Waals surface area (Å²) in [4.78, 5) is 17.3. The molecule has 0 fully saturated rings. The monoisotopic (exact) mass is 341 g/mol. The van der Waals surface area contributed by atoms with E-state index < -0.39 is 12.4 Å². The van der Waals surface area contributed by atoms with Crippen molar-refractivity contribution in [1.82, 2.24) is 14.5 Å². The molecule has 0 saturated heterocycles. The summed E-state index contributed by atoms with van der Waals surface area (Å²) in [5.74, 6) is -0.484. The number of hydrogen-bond acceptors (Lipinski definition) is 3. The van der Waals surface area contributed by atoms with E-state index in [0.717, 1.165) is 0 Å². The first-order valence-corrected chi connectivity index (χ1v) is 7.28. The van der Waals surface area contributed by atoms with Crippen molar-refractivity contribution in [2.45, 2.75) is 25.9 Å². The average Bonchev–Trinajstić information content (AvgIpc) is 3.01. The third kappa shape index (κ3) is 4.27. The Bertz CT molecular complexity index is 704. The zero-order valence-electron chi connectivity index (χ0n) is 13.4. The zero-order valence-corrected chi connectivity index (χ0v) is 13.4. The molecule has 0 aliphatic rings. The van der Waals surface area contributed by atoms with Crippen LogP contribution in [0.2, 0.25) is 0 Å². The van der Waals surface area contributed by atoms with Crippen LogP contribution in [0.25, 0.3) is 0 Å². The molecule has 130 valence electrons. The van der Waals surface area contributed by atoms with E-state index in [0.29, 0.717) is 16.6 Å². The number of rotatable bonds is 7. The maximum atomic E-state index is 13.6. The number of imidazole rings is 1. The van der Waals surface area contributed by atoms with Crippen LogP contribution in [0.4, 0.5) is 13.2 Å². The molecule has 1 aromatic heterocycles. The number of aromatic nitrogens is 2. The van der Waals surface area contributed by atoms with Crippen LogP contribution in [0.15, 0.2) is 30.6 Å². The van der Waals surface area contributed by atoms with Crippen LogP contribution in [0, 0.1) is 5.82 Å². The molecule has 0 atom stereocenters. The summed E-state index contributed by atoms with van der Waals surface area (Å²) in [5.41, 5.74) is 0.657. The first kappa shape index (κ1) is 17.8. The smallest absolute Gasteiger partial charge is 0.319 e. The van der Waals surface area contributed by atoms with E-state index in [4.69, 9.17) is 4.74 Å². The molecule has 0 saturated carbocycles. The highest BCUT2D eigenvalue weighted by atomic mass is 19.3. The van der Waals surface area contributed by atoms with Crippen LogP contribution in [-0.4, -0.2) is 34.5 Å². The van der Waals surface area contributed by atoms with Gasteiger partial charge in [-0.15, -0.1) is 0 Å². The fourth-order valence-electron chi connectivity index (χ4n) is 2.25. The minimum Gasteiger partial charge on any atom is -0.494 e. The summed E-state index contributed by atoms with van der Waals surface area (Å²) in [5, 5.41) is 0. The number of carbonyl (C=O) groups excluding carboxylic acids is 1. The van der Waals surface area contributed by atoms with Gasteiger partial charge >= 0.3 is 6.55 Å². The largest absolute Gasteiger partial charge is 0.494 e. The molecular formula is C16H18F3N3O2. The second-order valence-electron chi connectivity index (χ2n) is 5.25. The quantitative estimate of drug-likeness (QED) is 0.778. The van der Waals surface area contributed by atoms with Crippen LogP contribution in [0.5, 0.6) is 5.75 Å². The average molecular weight is 341 g/mol. The van der Waals surface area contributed by atoms with Gasteiger partial charge < -0.3 is 9.64 Å². The predicted octanol–water partition coefficient (Wildman–Crippen LogP) is 3.02. The Balaban J connectivity index is 1.92. The molecule has 8 heteroatoms. The molecule has 1 amide bonds. The lowest BCUT2D eigenvalue weighted by atomic mass is 10.1. The lowest BCUT2D eigenvalue weighted by Crippen LogP contribution is -2.28. The Hall–Kier alpha value is -2.51. The highest BCUT2D eigenvalue weighted by Crippen LogP contribution is 2.19. The Morgan fingerprint density at radius 2 is 2.17 bits per heavy atom. The van der Waals surface area contributed by atoms with Gasteiger partial charge in [0.05, 0.1) is 13.7 Å². The molecule has 0 spiro atoms. The molecule has 0 radical (unpaired) electrons. The molecule has 0 bridgehead atoms. The Morgan fingerprint density at radius 3 is 2.79 bits per heavy atom. The first-order valence-electron chi connectivity index (χ1n) is 7.28. The van der Waals surface area contributed by atoms with Crippen molar-refractivity contribution >= 4 is 5.91 Å². The minimum atomic E-state index is -2.70. The summed E-state index contributed by atoms with van der Waals surface area (Å²) in [6, 6.07) is 4.49. The number of amides is 1. The Kier molecular flexibility index (Phi) is 5.83. The third-order valence-electron chi connectivity index (χ3n) is 3.61. The van der Waals surface area contributed by atoms with E-state index in [9.17, 15) is 18.0 Å². The molecular weight excluding hydrogens is 323 g/mol. The van der Waals surface area contributed by atoms with Gasteiger partial charge in [0.15, 0.2) is 11.6 Å². The highest BCUT2D eigenvalue weighted by Gasteiger charge is 2.16. The first-order chi connectivity index (χ1) is 11.4. The van der Waals surface area contributed by atoms with Gasteiger partial charge in [-0.25, -0.2) is 9.37 Å². The van der Waals surface area contributed by atoms with Crippen LogP contribution in [0.1, 0.15) is 24.4 Å². The van der Waals surface area contributed by atoms with Crippen molar-refractivity contribution in [3.63, 3.8) is 0 Å². The summed E-state index contributed by atoms with van der Waals surface area (Å²) >= 11 is 0. The third-order valence-corrected chi connectivity index (χ3v) is 3.61. The molecule has 1 heterocycles. The molecule has 1 aromatic carbocycles. The van der Waals surface area contributed by atoms with Gasteiger partial charge in [0, 0.05) is 25.9 Å². The lowest BCUT2D eigenvalue weighted by molar-refractivity contribution is -0.130. The van der Waals surface area contributed by atoms with Crippen molar-refractivity contribution in [2.75, 3.05) is 14.2 Å². The van der Waals surface area contributed by atoms with E-state index in [1.807, 2.05) is 0 Å². The number of nitrogens with zero attached hydrogens (tertiary/aromatic N) is 3. The van der Waals surface area contributed by atoms with Crippen molar-refractivity contribution in [3.8, 4) is 5.75 Å². The van der Waals surface area contributed by atoms with Crippen LogP contribution in [-0.2, 0) is 17.8 Å². The second kappa shape index (κ2) is 7.85. The van der Waals surface area contributed by atoms with E-state index in [-0.39, 0.29) is 30.4 Å². The fraction of sp³-hybridized carbons (Fsp3) is 0.375. The zero-order chi connectivity index (χ0) is 17.7. The summed E-state index contributed by atoms with van der Waals surface area (Å²) < 4.78 is 44.7. The van der Waals surface area contributed by atoms with Gasteiger partial charge in [-0.1, -0.05) is 6.07 Å². The SMILES string of the molecule is COc1ccc(CCC(=O)N(C)Cc2nccn2C(F)F)cc1F. The van der Waals surface area contributed by atoms with E-state index >= 15 is 0 Å². The van der Waals surface area contributed by atoms with Gasteiger partial charge in [-0.3, -0.25) is 9.36 Å². The molecule has 5 nitrogen and oxygen atoms in total. The predicted molar refractivity (Wildman–Crippen MR) is 81.2 cm³/mol. The van der Waals surface area contributed by atoms with Crippen molar-refractivity contribution in [2.24, 2.45) is 0 Å². The minimum absolute atomic E-state index is 0.0207. The topological polar surface area (TPSA) is 47.4 Å². The number of carbonyl (C=O) groups is 1. The molecule has 24 heavy (non-hydrogen) atoms. The Labute approximate surface area is 137 Å². The number of alkyl halides is 2. The van der Waals surface area contributed by atoms with Crippen LogP contribution >= 0.6 is 0 Å². The molecule has 0 aliphatic carbocycles. The normalized spacial score (nSPS) is 10.9. The van der Waals surface area contributed by atoms with Gasteiger partial charge in [-0.2, -0.15) is 8.78 Å². The standard InChI is InChI=1S/C16H18F3N3O2/c1-21(10-14-20-7-8-22(14)16(18)19)15(23)6-4-11-3-5-13(24-2)12(17)9-11/h3,5,7-9,16H,4,6,10H2,1-2H3. The van der Waals surface area contributed by atoms with Crippen LogP contribution < -0.4 is 4.74 Å². The number of halogens is 3. The lowest BCUT2D eigenvalue weighted by Gasteiger charge is -2.17. The Morgan fingerprint density at radius 1 is 1.42 bits per heavy atom.